The first-order chi connectivity index (χ1) is 9.85. The molecule has 0 unspecified atom stereocenters. The molecule has 0 saturated heterocycles. The molecule has 0 bridgehead atoms. The minimum absolute atomic E-state index is 0.143. The van der Waals surface area contributed by atoms with Crippen LogP contribution in [0.1, 0.15) is 25.0 Å². The number of carbonyl (C=O) groups excluding carboxylic acids is 1. The lowest BCUT2D eigenvalue weighted by molar-refractivity contribution is -0.129. The number of aryl methyl sites for hydroxylation is 1. The summed E-state index contributed by atoms with van der Waals surface area (Å²) < 4.78 is 26.7. The Bertz CT molecular complexity index is 595. The highest BCUT2D eigenvalue weighted by Gasteiger charge is 2.18. The molecule has 0 saturated carbocycles. The monoisotopic (exact) mass is 313 g/mol. The molecule has 1 aromatic rings. The number of sulfonamides is 1. The highest BCUT2D eigenvalue weighted by atomic mass is 32.2. The third-order valence-electron chi connectivity index (χ3n) is 3.37. The van der Waals surface area contributed by atoms with Gasteiger partial charge in [0.25, 0.3) is 0 Å². The maximum Gasteiger partial charge on any atom is 0.241 e. The van der Waals surface area contributed by atoms with Crippen LogP contribution >= 0.6 is 0 Å². The van der Waals surface area contributed by atoms with Crippen LogP contribution in [0, 0.1) is 6.92 Å². The number of rotatable bonds is 7. The Morgan fingerprint density at radius 1 is 1.29 bits per heavy atom. The SMILES string of the molecule is CCN(CC)C(=O)CNS(=O)(=O)c1ccc(CN)c(C)c1. The second-order valence-electron chi connectivity index (χ2n) is 4.68. The first-order valence-electron chi connectivity index (χ1n) is 6.92. The summed E-state index contributed by atoms with van der Waals surface area (Å²) in [6, 6.07) is 4.75. The minimum Gasteiger partial charge on any atom is -0.342 e. The molecule has 7 heteroatoms. The summed E-state index contributed by atoms with van der Waals surface area (Å²) in [5.74, 6) is -0.237. The molecule has 6 nitrogen and oxygen atoms in total. The zero-order valence-electron chi connectivity index (χ0n) is 12.7. The van der Waals surface area contributed by atoms with Crippen molar-refractivity contribution in [1.82, 2.24) is 9.62 Å². The van der Waals surface area contributed by atoms with Gasteiger partial charge in [-0.1, -0.05) is 6.07 Å². The van der Waals surface area contributed by atoms with Gasteiger partial charge in [-0.3, -0.25) is 4.79 Å². The topological polar surface area (TPSA) is 92.5 Å². The van der Waals surface area contributed by atoms with Crippen LogP contribution in [0.4, 0.5) is 0 Å². The van der Waals surface area contributed by atoms with Crippen molar-refractivity contribution in [2.75, 3.05) is 19.6 Å². The molecule has 0 aromatic heterocycles. The van der Waals surface area contributed by atoms with Crippen LogP contribution in [-0.4, -0.2) is 38.9 Å². The van der Waals surface area contributed by atoms with E-state index in [1.807, 2.05) is 20.8 Å². The number of nitrogens with zero attached hydrogens (tertiary/aromatic N) is 1. The van der Waals surface area contributed by atoms with Crippen molar-refractivity contribution >= 4 is 15.9 Å². The average Bonchev–Trinajstić information content (AvgIpc) is 2.46. The normalized spacial score (nSPS) is 11.4. The van der Waals surface area contributed by atoms with E-state index in [1.54, 1.807) is 17.0 Å². The number of hydrogen-bond donors (Lipinski definition) is 2. The molecule has 0 radical (unpaired) electrons. The Kier molecular flexibility index (Phi) is 6.32. The van der Waals surface area contributed by atoms with Gasteiger partial charge in [0.15, 0.2) is 0 Å². The zero-order valence-corrected chi connectivity index (χ0v) is 13.5. The van der Waals surface area contributed by atoms with Crippen molar-refractivity contribution in [2.24, 2.45) is 5.73 Å². The molecule has 21 heavy (non-hydrogen) atoms. The molecular weight excluding hydrogens is 290 g/mol. The van der Waals surface area contributed by atoms with Crippen LogP contribution in [0.3, 0.4) is 0 Å². The van der Waals surface area contributed by atoms with E-state index in [-0.39, 0.29) is 17.3 Å². The fourth-order valence-electron chi connectivity index (χ4n) is 1.99. The van der Waals surface area contributed by atoms with Gasteiger partial charge in [0.1, 0.15) is 0 Å². The van der Waals surface area contributed by atoms with Crippen molar-refractivity contribution in [3.63, 3.8) is 0 Å². The first-order valence-corrected chi connectivity index (χ1v) is 8.41. The number of carbonyl (C=O) groups is 1. The molecule has 3 N–H and O–H groups in total. The van der Waals surface area contributed by atoms with E-state index in [0.29, 0.717) is 19.6 Å². The zero-order chi connectivity index (χ0) is 16.0. The number of hydrogen-bond acceptors (Lipinski definition) is 4. The molecule has 1 aromatic carbocycles. The molecule has 1 rings (SSSR count). The van der Waals surface area contributed by atoms with Crippen LogP contribution in [0.15, 0.2) is 23.1 Å². The first kappa shape index (κ1) is 17.6. The largest absolute Gasteiger partial charge is 0.342 e. The third kappa shape index (κ3) is 4.52. The minimum atomic E-state index is -3.69. The molecular formula is C14H23N3O3S. The highest BCUT2D eigenvalue weighted by Crippen LogP contribution is 2.14. The molecule has 0 aliphatic carbocycles. The lowest BCUT2D eigenvalue weighted by Gasteiger charge is -2.18. The molecule has 118 valence electrons. The molecule has 0 atom stereocenters. The fourth-order valence-corrected chi connectivity index (χ4v) is 3.05. The van der Waals surface area contributed by atoms with E-state index < -0.39 is 10.0 Å². The van der Waals surface area contributed by atoms with E-state index >= 15 is 0 Å². The van der Waals surface area contributed by atoms with Crippen molar-refractivity contribution in [1.29, 1.82) is 0 Å². The fraction of sp³-hybridized carbons (Fsp3) is 0.500. The van der Waals surface area contributed by atoms with Gasteiger partial charge in [-0.05, 0) is 44.0 Å². The smallest absolute Gasteiger partial charge is 0.241 e. The van der Waals surface area contributed by atoms with Crippen LogP contribution in [0.2, 0.25) is 0 Å². The number of nitrogens with one attached hydrogen (secondary N) is 1. The Balaban J connectivity index is 2.83. The molecule has 0 aliphatic rings. The maximum absolute atomic E-state index is 12.2. The summed E-state index contributed by atoms with van der Waals surface area (Å²) in [7, 11) is -3.69. The molecule has 0 aliphatic heterocycles. The van der Waals surface area contributed by atoms with Crippen molar-refractivity contribution in [2.45, 2.75) is 32.2 Å². The highest BCUT2D eigenvalue weighted by molar-refractivity contribution is 7.89. The summed E-state index contributed by atoms with van der Waals surface area (Å²) >= 11 is 0. The van der Waals surface area contributed by atoms with E-state index in [2.05, 4.69) is 4.72 Å². The average molecular weight is 313 g/mol. The second-order valence-corrected chi connectivity index (χ2v) is 6.45. The van der Waals surface area contributed by atoms with Gasteiger partial charge in [-0.25, -0.2) is 13.1 Å². The van der Waals surface area contributed by atoms with Gasteiger partial charge in [0.2, 0.25) is 15.9 Å². The lowest BCUT2D eigenvalue weighted by atomic mass is 10.1. The predicted octanol–water partition coefficient (Wildman–Crippen LogP) is 0.600. The molecule has 0 fully saturated rings. The summed E-state index contributed by atoms with van der Waals surface area (Å²) in [6.07, 6.45) is 0. The Morgan fingerprint density at radius 2 is 1.90 bits per heavy atom. The summed E-state index contributed by atoms with van der Waals surface area (Å²) in [4.78, 5) is 13.6. The quantitative estimate of drug-likeness (QED) is 0.771. The van der Waals surface area contributed by atoms with Gasteiger partial charge < -0.3 is 10.6 Å². The lowest BCUT2D eigenvalue weighted by Crippen LogP contribution is -2.39. The van der Waals surface area contributed by atoms with E-state index in [1.165, 1.54) is 6.07 Å². The van der Waals surface area contributed by atoms with Crippen LogP contribution in [0.25, 0.3) is 0 Å². The van der Waals surface area contributed by atoms with Crippen molar-refractivity contribution < 1.29 is 13.2 Å². The van der Waals surface area contributed by atoms with Crippen molar-refractivity contribution in [3.05, 3.63) is 29.3 Å². The van der Waals surface area contributed by atoms with E-state index in [4.69, 9.17) is 5.73 Å². The summed E-state index contributed by atoms with van der Waals surface area (Å²) in [6.45, 7) is 6.75. The Morgan fingerprint density at radius 3 is 2.38 bits per heavy atom. The number of nitrogens with two attached hydrogens (primary N) is 1. The van der Waals surface area contributed by atoms with E-state index in [9.17, 15) is 13.2 Å². The maximum atomic E-state index is 12.2. The van der Waals surface area contributed by atoms with Crippen LogP contribution in [0.5, 0.6) is 0 Å². The number of amides is 1. The van der Waals surface area contributed by atoms with Crippen molar-refractivity contribution in [3.8, 4) is 0 Å². The van der Waals surface area contributed by atoms with Gasteiger partial charge >= 0.3 is 0 Å². The molecule has 0 spiro atoms. The van der Waals surface area contributed by atoms with Crippen LogP contribution < -0.4 is 10.5 Å². The molecule has 1 amide bonds. The summed E-state index contributed by atoms with van der Waals surface area (Å²) in [5, 5.41) is 0. The predicted molar refractivity (Wildman–Crippen MR) is 82.2 cm³/mol. The molecule has 0 heterocycles. The van der Waals surface area contributed by atoms with Gasteiger partial charge in [-0.15, -0.1) is 0 Å². The Hall–Kier alpha value is -1.44. The van der Waals surface area contributed by atoms with Gasteiger partial charge in [-0.2, -0.15) is 0 Å². The Labute approximate surface area is 126 Å². The third-order valence-corrected chi connectivity index (χ3v) is 4.77. The van der Waals surface area contributed by atoms with Crippen LogP contribution in [-0.2, 0) is 21.4 Å². The van der Waals surface area contributed by atoms with Gasteiger partial charge in [0, 0.05) is 19.6 Å². The number of benzene rings is 1. The summed E-state index contributed by atoms with van der Waals surface area (Å²) in [5.41, 5.74) is 7.27. The second kappa shape index (κ2) is 7.53. The number of likely N-dealkylation sites (N-methyl/N-ethyl adjacent to an activating group) is 1. The standard InChI is InChI=1S/C14H23N3O3S/c1-4-17(5-2)14(18)10-16-21(19,20)13-7-6-12(9-15)11(3)8-13/h6-8,16H,4-5,9-10,15H2,1-3H3. The van der Waals surface area contributed by atoms with Gasteiger partial charge in [0.05, 0.1) is 11.4 Å². The van der Waals surface area contributed by atoms with E-state index in [0.717, 1.165) is 11.1 Å².